The highest BCUT2D eigenvalue weighted by Gasteiger charge is 2.34. The van der Waals surface area contributed by atoms with Crippen LogP contribution in [-0.4, -0.2) is 72.0 Å². The van der Waals surface area contributed by atoms with Crippen molar-refractivity contribution in [1.29, 1.82) is 0 Å². The average Bonchev–Trinajstić information content (AvgIpc) is 3.64. The van der Waals surface area contributed by atoms with E-state index in [1.807, 2.05) is 61.2 Å². The summed E-state index contributed by atoms with van der Waals surface area (Å²) in [4.78, 5) is 35.8. The van der Waals surface area contributed by atoms with E-state index in [0.717, 1.165) is 90.9 Å². The number of aromatic amines is 1. The Balaban J connectivity index is 1.23. The fourth-order valence-electron chi connectivity index (χ4n) is 6.13. The van der Waals surface area contributed by atoms with E-state index >= 15 is 0 Å². The Bertz CT molecular complexity index is 1540. The van der Waals surface area contributed by atoms with E-state index in [2.05, 4.69) is 15.2 Å². The first-order valence-electron chi connectivity index (χ1n) is 14.3. The van der Waals surface area contributed by atoms with Gasteiger partial charge in [0.1, 0.15) is 0 Å². The first kappa shape index (κ1) is 29.3. The lowest BCUT2D eigenvalue weighted by atomic mass is 10.0. The second-order valence-corrected chi connectivity index (χ2v) is 12.9. The number of carbonyl (C=O) groups is 2. The predicted octanol–water partition coefficient (Wildman–Crippen LogP) is 6.66. The van der Waals surface area contributed by atoms with Crippen molar-refractivity contribution in [3.63, 3.8) is 0 Å². The molecule has 0 bridgehead atoms. The smallest absolute Gasteiger partial charge is 0.256 e. The Morgan fingerprint density at radius 3 is 2.64 bits per heavy atom. The largest absolute Gasteiger partial charge is 0.379 e. The SMILES string of the molecule is Cc1[nH]c(C=C2C(=O)Nc3ccc(SCc4c(Cl)cccc4Cl)cc32)c(C)c1C(=O)N1CCC[C@H]1CN1CCOCC1. The summed E-state index contributed by atoms with van der Waals surface area (Å²) in [5, 5.41) is 4.25. The molecular weight excluding hydrogens is 591 g/mol. The molecule has 0 unspecified atom stereocenters. The molecule has 2 fully saturated rings. The van der Waals surface area contributed by atoms with Crippen molar-refractivity contribution in [2.75, 3.05) is 44.7 Å². The molecule has 2 N–H and O–H groups in total. The Morgan fingerprint density at radius 2 is 1.88 bits per heavy atom. The molecule has 6 rings (SSSR count). The summed E-state index contributed by atoms with van der Waals surface area (Å²) in [5.41, 5.74) is 6.22. The van der Waals surface area contributed by atoms with E-state index in [1.165, 1.54) is 0 Å². The fraction of sp³-hybridized carbons (Fsp3) is 0.375. The predicted molar refractivity (Wildman–Crippen MR) is 171 cm³/mol. The van der Waals surface area contributed by atoms with E-state index < -0.39 is 0 Å². The van der Waals surface area contributed by atoms with Crippen LogP contribution in [0.3, 0.4) is 0 Å². The molecule has 42 heavy (non-hydrogen) atoms. The number of fused-ring (bicyclic) bond motifs is 1. The monoisotopic (exact) mass is 624 g/mol. The molecule has 0 saturated carbocycles. The highest BCUT2D eigenvalue weighted by Crippen LogP contribution is 2.39. The number of benzene rings is 2. The van der Waals surface area contributed by atoms with Crippen molar-refractivity contribution in [2.45, 2.75) is 43.4 Å². The van der Waals surface area contributed by atoms with Gasteiger partial charge in [-0.2, -0.15) is 0 Å². The number of hydrogen-bond acceptors (Lipinski definition) is 5. The van der Waals surface area contributed by atoms with Gasteiger partial charge in [-0.1, -0.05) is 29.3 Å². The number of H-pyrrole nitrogens is 1. The van der Waals surface area contributed by atoms with Gasteiger partial charge in [0.05, 0.1) is 24.4 Å². The van der Waals surface area contributed by atoms with Gasteiger partial charge in [-0.25, -0.2) is 0 Å². The normalized spacial score (nSPS) is 19.9. The van der Waals surface area contributed by atoms with Crippen molar-refractivity contribution >= 4 is 64.1 Å². The summed E-state index contributed by atoms with van der Waals surface area (Å²) >= 11 is 14.4. The van der Waals surface area contributed by atoms with Crippen LogP contribution in [0.2, 0.25) is 10.0 Å². The van der Waals surface area contributed by atoms with Crippen LogP contribution in [0.1, 0.15) is 51.3 Å². The number of likely N-dealkylation sites (tertiary alicyclic amines) is 1. The average molecular weight is 626 g/mol. The molecule has 4 heterocycles. The van der Waals surface area contributed by atoms with E-state index in [9.17, 15) is 9.59 Å². The topological polar surface area (TPSA) is 77.7 Å². The molecule has 0 radical (unpaired) electrons. The molecule has 10 heteroatoms. The summed E-state index contributed by atoms with van der Waals surface area (Å²) in [6.45, 7) is 8.88. The van der Waals surface area contributed by atoms with Crippen LogP contribution in [0.5, 0.6) is 0 Å². The molecule has 2 saturated heterocycles. The molecule has 0 spiro atoms. The minimum absolute atomic E-state index is 0.0647. The number of aryl methyl sites for hydroxylation is 1. The number of thioether (sulfide) groups is 1. The first-order chi connectivity index (χ1) is 20.3. The third-order valence-corrected chi connectivity index (χ3v) is 10.1. The number of anilines is 1. The van der Waals surface area contributed by atoms with Crippen LogP contribution in [0.4, 0.5) is 5.69 Å². The van der Waals surface area contributed by atoms with Crippen molar-refractivity contribution in [2.24, 2.45) is 0 Å². The molecule has 0 aliphatic carbocycles. The molecule has 3 aliphatic heterocycles. The van der Waals surface area contributed by atoms with Gasteiger partial charge in [0.25, 0.3) is 11.8 Å². The number of aromatic nitrogens is 1. The second-order valence-electron chi connectivity index (χ2n) is 11.1. The van der Waals surface area contributed by atoms with Gasteiger partial charge in [-0.3, -0.25) is 14.5 Å². The number of amides is 2. The van der Waals surface area contributed by atoms with E-state index in [1.54, 1.807) is 11.8 Å². The van der Waals surface area contributed by atoms with E-state index in [-0.39, 0.29) is 17.9 Å². The third kappa shape index (κ3) is 5.88. The summed E-state index contributed by atoms with van der Waals surface area (Å²) in [5.74, 6) is 0.516. The fourth-order valence-corrected chi connectivity index (χ4v) is 7.80. The summed E-state index contributed by atoms with van der Waals surface area (Å²) in [7, 11) is 0. The van der Waals surface area contributed by atoms with Gasteiger partial charge in [-0.05, 0) is 74.2 Å². The van der Waals surface area contributed by atoms with E-state index in [4.69, 9.17) is 27.9 Å². The molecule has 3 aliphatic rings. The lowest BCUT2D eigenvalue weighted by molar-refractivity contribution is -0.110. The molecule has 1 atom stereocenters. The molecular formula is C32H34Cl2N4O3S. The van der Waals surface area contributed by atoms with Gasteiger partial charge >= 0.3 is 0 Å². The highest BCUT2D eigenvalue weighted by atomic mass is 35.5. The number of hydrogen-bond donors (Lipinski definition) is 2. The Morgan fingerprint density at radius 1 is 1.12 bits per heavy atom. The minimum Gasteiger partial charge on any atom is -0.379 e. The zero-order chi connectivity index (χ0) is 29.4. The zero-order valence-electron chi connectivity index (χ0n) is 23.8. The van der Waals surface area contributed by atoms with Crippen molar-refractivity contribution in [3.8, 4) is 0 Å². The van der Waals surface area contributed by atoms with Crippen LogP contribution in [0.25, 0.3) is 11.6 Å². The van der Waals surface area contributed by atoms with Crippen LogP contribution in [0, 0.1) is 13.8 Å². The third-order valence-electron chi connectivity index (χ3n) is 8.41. The Hall–Kier alpha value is -2.75. The highest BCUT2D eigenvalue weighted by molar-refractivity contribution is 7.98. The maximum atomic E-state index is 13.9. The Kier molecular flexibility index (Phi) is 8.70. The van der Waals surface area contributed by atoms with Crippen molar-refractivity contribution < 1.29 is 14.3 Å². The number of halogens is 2. The van der Waals surface area contributed by atoms with Gasteiger partial charge < -0.3 is 19.9 Å². The lowest BCUT2D eigenvalue weighted by Gasteiger charge is -2.33. The Labute approximate surface area is 260 Å². The summed E-state index contributed by atoms with van der Waals surface area (Å²) in [6, 6.07) is 11.6. The first-order valence-corrected chi connectivity index (χ1v) is 16.1. The zero-order valence-corrected chi connectivity index (χ0v) is 26.1. The molecule has 1 aromatic heterocycles. The van der Waals surface area contributed by atoms with E-state index in [0.29, 0.717) is 26.9 Å². The molecule has 7 nitrogen and oxygen atoms in total. The summed E-state index contributed by atoms with van der Waals surface area (Å²) < 4.78 is 5.50. The maximum absolute atomic E-state index is 13.9. The number of rotatable bonds is 7. The quantitative estimate of drug-likeness (QED) is 0.227. The van der Waals surface area contributed by atoms with Crippen LogP contribution >= 0.6 is 35.0 Å². The maximum Gasteiger partial charge on any atom is 0.256 e. The summed E-state index contributed by atoms with van der Waals surface area (Å²) in [6.07, 6.45) is 3.90. The van der Waals surface area contributed by atoms with Crippen LogP contribution in [0.15, 0.2) is 41.3 Å². The van der Waals surface area contributed by atoms with Crippen LogP contribution < -0.4 is 5.32 Å². The number of nitrogens with one attached hydrogen (secondary N) is 2. The number of ether oxygens (including phenoxy) is 1. The number of morpholine rings is 1. The molecule has 220 valence electrons. The number of nitrogens with zero attached hydrogens (tertiary/aromatic N) is 2. The standard InChI is InChI=1S/C32H34Cl2N4O3S/c1-19-29(35-20(2)30(19)32(40)38-10-4-5-21(38)17-37-11-13-41-14-12-37)16-24-23-15-22(8-9-28(23)36-31(24)39)42-18-25-26(33)6-3-7-27(25)34/h3,6-9,15-16,21,35H,4-5,10-14,17-18H2,1-2H3,(H,36,39)/t21-/m0/s1. The van der Waals surface area contributed by atoms with Crippen molar-refractivity contribution in [1.82, 2.24) is 14.8 Å². The number of carbonyl (C=O) groups excluding carboxylic acids is 2. The second kappa shape index (κ2) is 12.5. The lowest BCUT2D eigenvalue weighted by Crippen LogP contribution is -2.46. The van der Waals surface area contributed by atoms with Crippen LogP contribution in [-0.2, 0) is 15.3 Å². The molecule has 3 aromatic rings. The van der Waals surface area contributed by atoms with Gasteiger partial charge in [0, 0.05) is 75.6 Å². The van der Waals surface area contributed by atoms with Gasteiger partial charge in [0.2, 0.25) is 0 Å². The van der Waals surface area contributed by atoms with Crippen molar-refractivity contribution in [3.05, 3.63) is 80.1 Å². The minimum atomic E-state index is -0.161. The molecule has 2 amide bonds. The molecule has 2 aromatic carbocycles. The van der Waals surface area contributed by atoms with Gasteiger partial charge in [0.15, 0.2) is 0 Å². The van der Waals surface area contributed by atoms with Gasteiger partial charge in [-0.15, -0.1) is 11.8 Å².